The fraction of sp³-hybridized carbons (Fsp3) is 0.130. The number of carbonyl (C=O) groups is 1. The second-order valence-corrected chi connectivity index (χ2v) is 6.28. The molecule has 3 aromatic rings. The van der Waals surface area contributed by atoms with Gasteiger partial charge >= 0.3 is 0 Å². The van der Waals surface area contributed by atoms with Crippen LogP contribution in [0.1, 0.15) is 0 Å². The lowest BCUT2D eigenvalue weighted by atomic mass is 10.1. The second kappa shape index (κ2) is 9.85. The van der Waals surface area contributed by atoms with Gasteiger partial charge in [0.25, 0.3) is 5.91 Å². The minimum absolute atomic E-state index is 0.0726. The molecule has 7 nitrogen and oxygen atoms in total. The van der Waals surface area contributed by atoms with Crippen molar-refractivity contribution in [2.24, 2.45) is 0 Å². The van der Waals surface area contributed by atoms with Crippen LogP contribution in [0.25, 0.3) is 10.8 Å². The summed E-state index contributed by atoms with van der Waals surface area (Å²) >= 11 is 0. The lowest BCUT2D eigenvalue weighted by molar-refractivity contribution is -0.112. The van der Waals surface area contributed by atoms with Crippen molar-refractivity contribution in [1.29, 1.82) is 5.26 Å². The standard InChI is InChI=1S/C23H21N3O4/c1-29-17-8-10-18(11-9-17)30-13-12-25-15-16(14-24)23(28)26-21-6-2-5-20-19(21)4-3-7-22(20)27/h2-11,15,25,27H,12-13H2,1H3,(H,26,28)/b16-15-. The fourth-order valence-corrected chi connectivity index (χ4v) is 2.81. The number of hydrogen-bond donors (Lipinski definition) is 3. The number of aromatic hydroxyl groups is 1. The molecule has 0 radical (unpaired) electrons. The van der Waals surface area contributed by atoms with E-state index in [1.54, 1.807) is 67.8 Å². The zero-order chi connectivity index (χ0) is 21.3. The van der Waals surface area contributed by atoms with Crippen LogP contribution < -0.4 is 20.1 Å². The number of fused-ring (bicyclic) bond motifs is 1. The number of amides is 1. The van der Waals surface area contributed by atoms with Crippen molar-refractivity contribution in [3.05, 3.63) is 72.4 Å². The summed E-state index contributed by atoms with van der Waals surface area (Å²) in [4.78, 5) is 12.5. The van der Waals surface area contributed by atoms with E-state index in [2.05, 4.69) is 10.6 Å². The van der Waals surface area contributed by atoms with E-state index >= 15 is 0 Å². The van der Waals surface area contributed by atoms with Gasteiger partial charge in [0.05, 0.1) is 7.11 Å². The SMILES string of the molecule is COc1ccc(OCCN/C=C(/C#N)C(=O)Nc2cccc3c(O)cccc23)cc1. The smallest absolute Gasteiger partial charge is 0.267 e. The molecular weight excluding hydrogens is 382 g/mol. The Balaban J connectivity index is 1.56. The first-order valence-corrected chi connectivity index (χ1v) is 9.25. The van der Waals surface area contributed by atoms with Gasteiger partial charge in [-0.25, -0.2) is 0 Å². The highest BCUT2D eigenvalue weighted by atomic mass is 16.5. The van der Waals surface area contributed by atoms with Gasteiger partial charge in [0, 0.05) is 29.2 Å². The van der Waals surface area contributed by atoms with Crippen molar-refractivity contribution in [2.75, 3.05) is 25.6 Å². The molecule has 152 valence electrons. The van der Waals surface area contributed by atoms with Crippen molar-refractivity contribution in [1.82, 2.24) is 5.32 Å². The first kappa shape index (κ1) is 20.6. The molecule has 0 heterocycles. The third-order valence-corrected chi connectivity index (χ3v) is 4.33. The van der Waals surface area contributed by atoms with E-state index in [1.165, 1.54) is 6.20 Å². The summed E-state index contributed by atoms with van der Waals surface area (Å²) in [5.41, 5.74) is 0.439. The first-order valence-electron chi connectivity index (χ1n) is 9.25. The summed E-state index contributed by atoms with van der Waals surface area (Å²) in [6, 6.07) is 19.3. The molecule has 30 heavy (non-hydrogen) atoms. The van der Waals surface area contributed by atoms with Crippen molar-refractivity contribution in [2.45, 2.75) is 0 Å². The van der Waals surface area contributed by atoms with Crippen LogP contribution >= 0.6 is 0 Å². The van der Waals surface area contributed by atoms with Gasteiger partial charge in [0.2, 0.25) is 0 Å². The highest BCUT2D eigenvalue weighted by molar-refractivity contribution is 6.11. The zero-order valence-electron chi connectivity index (χ0n) is 16.4. The van der Waals surface area contributed by atoms with Gasteiger partial charge in [-0.15, -0.1) is 0 Å². The molecule has 3 aromatic carbocycles. The first-order chi connectivity index (χ1) is 14.6. The summed E-state index contributed by atoms with van der Waals surface area (Å²) in [5, 5.41) is 26.2. The maximum atomic E-state index is 12.5. The lowest BCUT2D eigenvalue weighted by Gasteiger charge is -2.10. The summed E-state index contributed by atoms with van der Waals surface area (Å²) in [6.45, 7) is 0.762. The van der Waals surface area contributed by atoms with E-state index < -0.39 is 5.91 Å². The van der Waals surface area contributed by atoms with E-state index in [0.717, 1.165) is 5.75 Å². The molecule has 0 spiro atoms. The van der Waals surface area contributed by atoms with E-state index in [9.17, 15) is 15.2 Å². The number of carbonyl (C=O) groups excluding carboxylic acids is 1. The van der Waals surface area contributed by atoms with Crippen molar-refractivity contribution in [3.63, 3.8) is 0 Å². The second-order valence-electron chi connectivity index (χ2n) is 6.28. The number of nitriles is 1. The Kier molecular flexibility index (Phi) is 6.74. The zero-order valence-corrected chi connectivity index (χ0v) is 16.4. The van der Waals surface area contributed by atoms with Gasteiger partial charge in [0.15, 0.2) is 0 Å². The van der Waals surface area contributed by atoms with Crippen LogP contribution in [0, 0.1) is 11.3 Å². The molecule has 0 aliphatic carbocycles. The molecule has 3 rings (SSSR count). The number of nitrogens with zero attached hydrogens (tertiary/aromatic N) is 1. The number of methoxy groups -OCH3 is 1. The normalized spacial score (nSPS) is 10.9. The van der Waals surface area contributed by atoms with Crippen LogP contribution in [0.2, 0.25) is 0 Å². The van der Waals surface area contributed by atoms with Crippen LogP contribution in [0.15, 0.2) is 72.4 Å². The van der Waals surface area contributed by atoms with E-state index in [4.69, 9.17) is 9.47 Å². The Labute approximate surface area is 174 Å². The number of nitrogens with one attached hydrogen (secondary N) is 2. The molecule has 0 atom stereocenters. The highest BCUT2D eigenvalue weighted by Gasteiger charge is 2.12. The minimum atomic E-state index is -0.545. The Morgan fingerprint density at radius 3 is 2.50 bits per heavy atom. The molecule has 3 N–H and O–H groups in total. The van der Waals surface area contributed by atoms with E-state index in [0.29, 0.717) is 35.4 Å². The summed E-state index contributed by atoms with van der Waals surface area (Å²) in [6.07, 6.45) is 1.36. The summed E-state index contributed by atoms with van der Waals surface area (Å²) < 4.78 is 10.7. The number of phenolic OH excluding ortho intramolecular Hbond substituents is 1. The molecule has 7 heteroatoms. The van der Waals surface area contributed by atoms with Gasteiger partial charge in [-0.2, -0.15) is 5.26 Å². The van der Waals surface area contributed by atoms with Crippen LogP contribution in [-0.4, -0.2) is 31.3 Å². The van der Waals surface area contributed by atoms with E-state index in [1.807, 2.05) is 6.07 Å². The molecule has 0 unspecified atom stereocenters. The Morgan fingerprint density at radius 2 is 1.77 bits per heavy atom. The van der Waals surface area contributed by atoms with Gasteiger partial charge in [-0.3, -0.25) is 4.79 Å². The van der Waals surface area contributed by atoms with Crippen LogP contribution in [0.3, 0.4) is 0 Å². The number of anilines is 1. The number of rotatable bonds is 8. The molecule has 0 fully saturated rings. The Morgan fingerprint density at radius 1 is 1.07 bits per heavy atom. The van der Waals surface area contributed by atoms with Gasteiger partial charge in [-0.1, -0.05) is 24.3 Å². The monoisotopic (exact) mass is 403 g/mol. The van der Waals surface area contributed by atoms with Crippen LogP contribution in [0.4, 0.5) is 5.69 Å². The predicted octanol–water partition coefficient (Wildman–Crippen LogP) is 3.57. The largest absolute Gasteiger partial charge is 0.507 e. The molecule has 0 saturated heterocycles. The maximum absolute atomic E-state index is 12.5. The third-order valence-electron chi connectivity index (χ3n) is 4.33. The predicted molar refractivity (Wildman–Crippen MR) is 114 cm³/mol. The summed E-state index contributed by atoms with van der Waals surface area (Å²) in [5.74, 6) is 1.02. The number of benzene rings is 3. The quantitative estimate of drug-likeness (QED) is 0.302. The third kappa shape index (κ3) is 5.00. The van der Waals surface area contributed by atoms with Crippen molar-refractivity contribution in [3.8, 4) is 23.3 Å². The molecule has 0 aliphatic rings. The molecule has 0 aliphatic heterocycles. The van der Waals surface area contributed by atoms with Crippen LogP contribution in [0.5, 0.6) is 17.2 Å². The average Bonchev–Trinajstić information content (AvgIpc) is 2.77. The number of ether oxygens (including phenoxy) is 2. The van der Waals surface area contributed by atoms with Gasteiger partial charge in [-0.05, 0) is 36.4 Å². The van der Waals surface area contributed by atoms with Gasteiger partial charge in [0.1, 0.15) is 35.5 Å². The molecular formula is C23H21N3O4. The average molecular weight is 403 g/mol. The molecule has 0 aromatic heterocycles. The maximum Gasteiger partial charge on any atom is 0.267 e. The summed E-state index contributed by atoms with van der Waals surface area (Å²) in [7, 11) is 1.60. The lowest BCUT2D eigenvalue weighted by Crippen LogP contribution is -2.20. The highest BCUT2D eigenvalue weighted by Crippen LogP contribution is 2.29. The molecule has 1 amide bonds. The number of hydrogen-bond acceptors (Lipinski definition) is 6. The fourth-order valence-electron chi connectivity index (χ4n) is 2.81. The Hall–Kier alpha value is -4.18. The van der Waals surface area contributed by atoms with E-state index in [-0.39, 0.29) is 11.3 Å². The van der Waals surface area contributed by atoms with Crippen molar-refractivity contribution >= 4 is 22.4 Å². The molecule has 0 bridgehead atoms. The van der Waals surface area contributed by atoms with Crippen LogP contribution in [-0.2, 0) is 4.79 Å². The minimum Gasteiger partial charge on any atom is -0.507 e. The Bertz CT molecular complexity index is 1100. The van der Waals surface area contributed by atoms with Gasteiger partial charge < -0.3 is 25.2 Å². The number of phenols is 1. The van der Waals surface area contributed by atoms with Crippen molar-refractivity contribution < 1.29 is 19.4 Å². The molecule has 0 saturated carbocycles. The topological polar surface area (TPSA) is 104 Å².